The molecule has 16 heavy (non-hydrogen) atoms. The van der Waals surface area contributed by atoms with Crippen LogP contribution in [0.25, 0.3) is 0 Å². The second kappa shape index (κ2) is 4.61. The van der Waals surface area contributed by atoms with Crippen molar-refractivity contribution in [3.05, 3.63) is 35.7 Å². The number of aryl methyl sites for hydroxylation is 2. The largest absolute Gasteiger partial charge is 0.497 e. The number of methoxy groups -OCH3 is 1. The van der Waals surface area contributed by atoms with E-state index in [2.05, 4.69) is 16.3 Å². The fourth-order valence-corrected chi connectivity index (χ4v) is 2.42. The van der Waals surface area contributed by atoms with Gasteiger partial charge in [0.2, 0.25) is 0 Å². The van der Waals surface area contributed by atoms with E-state index in [0.717, 1.165) is 22.0 Å². The van der Waals surface area contributed by atoms with Gasteiger partial charge in [-0.3, -0.25) is 5.10 Å². The van der Waals surface area contributed by atoms with Gasteiger partial charge in [-0.05, 0) is 32.0 Å². The third-order valence-electron chi connectivity index (χ3n) is 2.32. The molecule has 0 aliphatic carbocycles. The predicted octanol–water partition coefficient (Wildman–Crippen LogP) is 3.19. The van der Waals surface area contributed by atoms with Crippen molar-refractivity contribution in [1.29, 1.82) is 0 Å². The zero-order valence-electron chi connectivity index (χ0n) is 9.57. The second-order valence-electron chi connectivity index (χ2n) is 3.54. The molecule has 0 aliphatic rings. The summed E-state index contributed by atoms with van der Waals surface area (Å²) in [6.45, 7) is 4.04. The summed E-state index contributed by atoms with van der Waals surface area (Å²) >= 11 is 1.70. The molecule has 0 amide bonds. The summed E-state index contributed by atoms with van der Waals surface area (Å²) in [6, 6.07) is 8.03. The van der Waals surface area contributed by atoms with Gasteiger partial charge in [0.1, 0.15) is 5.75 Å². The van der Waals surface area contributed by atoms with Gasteiger partial charge in [0, 0.05) is 10.6 Å². The molecule has 3 nitrogen and oxygen atoms in total. The lowest BCUT2D eigenvalue weighted by atomic mass is 10.3. The van der Waals surface area contributed by atoms with Crippen molar-refractivity contribution in [2.75, 3.05) is 7.11 Å². The summed E-state index contributed by atoms with van der Waals surface area (Å²) < 4.78 is 5.20. The first-order valence-corrected chi connectivity index (χ1v) is 5.86. The van der Waals surface area contributed by atoms with Gasteiger partial charge < -0.3 is 4.74 Å². The van der Waals surface area contributed by atoms with Crippen molar-refractivity contribution in [2.45, 2.75) is 23.6 Å². The Bertz CT molecular complexity index is 474. The van der Waals surface area contributed by atoms with E-state index in [4.69, 9.17) is 4.74 Å². The Morgan fingerprint density at radius 1 is 1.31 bits per heavy atom. The van der Waals surface area contributed by atoms with E-state index < -0.39 is 0 Å². The van der Waals surface area contributed by atoms with Crippen LogP contribution >= 0.6 is 11.8 Å². The molecular formula is C12H14N2OS. The van der Waals surface area contributed by atoms with Crippen molar-refractivity contribution in [1.82, 2.24) is 10.2 Å². The first-order chi connectivity index (χ1) is 7.70. The van der Waals surface area contributed by atoms with E-state index in [9.17, 15) is 0 Å². The molecule has 1 N–H and O–H groups in total. The van der Waals surface area contributed by atoms with Crippen molar-refractivity contribution in [2.24, 2.45) is 0 Å². The molecule has 0 radical (unpaired) electrons. The quantitative estimate of drug-likeness (QED) is 0.886. The number of aromatic nitrogens is 2. The monoisotopic (exact) mass is 234 g/mol. The minimum Gasteiger partial charge on any atom is -0.497 e. The SMILES string of the molecule is COc1cccc(Sc2c(C)n[nH]c2C)c1. The lowest BCUT2D eigenvalue weighted by Gasteiger charge is -2.04. The lowest BCUT2D eigenvalue weighted by molar-refractivity contribution is 0.413. The van der Waals surface area contributed by atoms with E-state index in [1.165, 1.54) is 4.90 Å². The third-order valence-corrected chi connectivity index (χ3v) is 3.62. The Morgan fingerprint density at radius 2 is 2.12 bits per heavy atom. The molecule has 1 heterocycles. The molecule has 0 atom stereocenters. The van der Waals surface area contributed by atoms with Gasteiger partial charge in [-0.25, -0.2) is 0 Å². The van der Waals surface area contributed by atoms with Crippen molar-refractivity contribution in [3.63, 3.8) is 0 Å². The van der Waals surface area contributed by atoms with Gasteiger partial charge in [-0.15, -0.1) is 0 Å². The Balaban J connectivity index is 2.27. The first-order valence-electron chi connectivity index (χ1n) is 5.04. The molecule has 84 valence electrons. The maximum atomic E-state index is 5.20. The standard InChI is InChI=1S/C12H14N2OS/c1-8-12(9(2)14-13-8)16-11-6-4-5-10(7-11)15-3/h4-7H,1-3H3,(H,13,14). The van der Waals surface area contributed by atoms with Gasteiger partial charge in [0.15, 0.2) is 0 Å². The number of hydrogen-bond acceptors (Lipinski definition) is 3. The number of hydrogen-bond donors (Lipinski definition) is 1. The Labute approximate surface area is 99.2 Å². The second-order valence-corrected chi connectivity index (χ2v) is 4.63. The fraction of sp³-hybridized carbons (Fsp3) is 0.250. The molecule has 0 unspecified atom stereocenters. The van der Waals surface area contributed by atoms with Crippen LogP contribution in [0.3, 0.4) is 0 Å². The summed E-state index contributed by atoms with van der Waals surface area (Å²) in [5, 5.41) is 7.16. The van der Waals surface area contributed by atoms with Crippen LogP contribution in [0, 0.1) is 13.8 Å². The maximum absolute atomic E-state index is 5.20. The number of H-pyrrole nitrogens is 1. The average Bonchev–Trinajstić information content (AvgIpc) is 2.61. The van der Waals surface area contributed by atoms with Crippen LogP contribution in [0.5, 0.6) is 5.75 Å². The molecular weight excluding hydrogens is 220 g/mol. The van der Waals surface area contributed by atoms with Crippen molar-refractivity contribution >= 4 is 11.8 Å². The molecule has 0 fully saturated rings. The molecule has 4 heteroatoms. The van der Waals surface area contributed by atoms with Crippen LogP contribution < -0.4 is 4.74 Å². The number of benzene rings is 1. The molecule has 0 bridgehead atoms. The first kappa shape index (κ1) is 11.1. The zero-order chi connectivity index (χ0) is 11.5. The van der Waals surface area contributed by atoms with Gasteiger partial charge >= 0.3 is 0 Å². The van der Waals surface area contributed by atoms with Crippen LogP contribution in [0.15, 0.2) is 34.1 Å². The number of rotatable bonds is 3. The molecule has 0 saturated heterocycles. The highest BCUT2D eigenvalue weighted by Gasteiger charge is 2.08. The molecule has 0 spiro atoms. The van der Waals surface area contributed by atoms with E-state index >= 15 is 0 Å². The summed E-state index contributed by atoms with van der Waals surface area (Å²) in [5.41, 5.74) is 2.13. The van der Waals surface area contributed by atoms with E-state index in [1.807, 2.05) is 32.0 Å². The van der Waals surface area contributed by atoms with Crippen LogP contribution in [0.2, 0.25) is 0 Å². The van der Waals surface area contributed by atoms with Gasteiger partial charge in [-0.2, -0.15) is 5.10 Å². The summed E-state index contributed by atoms with van der Waals surface area (Å²) in [5.74, 6) is 0.879. The zero-order valence-corrected chi connectivity index (χ0v) is 10.4. The lowest BCUT2D eigenvalue weighted by Crippen LogP contribution is -1.83. The highest BCUT2D eigenvalue weighted by atomic mass is 32.2. The molecule has 2 aromatic rings. The Hall–Kier alpha value is -1.42. The van der Waals surface area contributed by atoms with Gasteiger partial charge in [-0.1, -0.05) is 17.8 Å². The van der Waals surface area contributed by atoms with Gasteiger partial charge in [0.05, 0.1) is 17.7 Å². The topological polar surface area (TPSA) is 37.9 Å². The number of nitrogens with one attached hydrogen (secondary N) is 1. The predicted molar refractivity (Wildman–Crippen MR) is 65.2 cm³/mol. The van der Waals surface area contributed by atoms with Crippen molar-refractivity contribution in [3.8, 4) is 5.75 Å². The average molecular weight is 234 g/mol. The minimum atomic E-state index is 0.879. The molecule has 2 rings (SSSR count). The summed E-state index contributed by atoms with van der Waals surface area (Å²) in [4.78, 5) is 2.35. The summed E-state index contributed by atoms with van der Waals surface area (Å²) in [6.07, 6.45) is 0. The molecule has 0 aliphatic heterocycles. The third kappa shape index (κ3) is 2.22. The minimum absolute atomic E-state index is 0.879. The Morgan fingerprint density at radius 3 is 2.75 bits per heavy atom. The highest BCUT2D eigenvalue weighted by molar-refractivity contribution is 7.99. The molecule has 1 aromatic carbocycles. The number of aromatic amines is 1. The van der Waals surface area contributed by atoms with Crippen molar-refractivity contribution < 1.29 is 4.74 Å². The van der Waals surface area contributed by atoms with Crippen LogP contribution in [0.4, 0.5) is 0 Å². The number of nitrogens with zero attached hydrogens (tertiary/aromatic N) is 1. The summed E-state index contributed by atoms with van der Waals surface area (Å²) in [7, 11) is 1.68. The number of ether oxygens (including phenoxy) is 1. The normalized spacial score (nSPS) is 10.4. The van der Waals surface area contributed by atoms with E-state index in [-0.39, 0.29) is 0 Å². The molecule has 1 aromatic heterocycles. The maximum Gasteiger partial charge on any atom is 0.119 e. The highest BCUT2D eigenvalue weighted by Crippen LogP contribution is 2.33. The van der Waals surface area contributed by atoms with Crippen LogP contribution in [-0.2, 0) is 0 Å². The van der Waals surface area contributed by atoms with E-state index in [1.54, 1.807) is 18.9 Å². The van der Waals surface area contributed by atoms with Crippen LogP contribution in [0.1, 0.15) is 11.4 Å². The smallest absolute Gasteiger partial charge is 0.119 e. The molecule has 0 saturated carbocycles. The fourth-order valence-electron chi connectivity index (χ4n) is 1.47. The van der Waals surface area contributed by atoms with E-state index in [0.29, 0.717) is 0 Å². The van der Waals surface area contributed by atoms with Crippen LogP contribution in [-0.4, -0.2) is 17.3 Å². The Kier molecular flexibility index (Phi) is 3.19. The van der Waals surface area contributed by atoms with Gasteiger partial charge in [0.25, 0.3) is 0 Å².